The van der Waals surface area contributed by atoms with Crippen LogP contribution in [0.1, 0.15) is 10.4 Å². The Bertz CT molecular complexity index is 860. The van der Waals surface area contributed by atoms with Gasteiger partial charge < -0.3 is 0 Å². The minimum atomic E-state index is -0.468. The van der Waals surface area contributed by atoms with Gasteiger partial charge >= 0.3 is 5.82 Å². The molecule has 0 bridgehead atoms. The van der Waals surface area contributed by atoms with Gasteiger partial charge in [0.15, 0.2) is 0 Å². The van der Waals surface area contributed by atoms with Crippen LogP contribution in [0.2, 0.25) is 0 Å². The fourth-order valence-corrected chi connectivity index (χ4v) is 2.44. The van der Waals surface area contributed by atoms with Gasteiger partial charge in [0, 0.05) is 17.0 Å². The lowest BCUT2D eigenvalue weighted by molar-refractivity contribution is -0.703. The number of hydrogen-bond acceptors (Lipinski definition) is 3. The standard InChI is InChI=1S/C17H13N2O3/c20-16(14-7-2-1-3-8-14)12-18-15-9-5-4-6-13(15)10-11-17(18)19(21)22/h1-11H,12H2/q+1. The highest BCUT2D eigenvalue weighted by molar-refractivity contribution is 5.95. The summed E-state index contributed by atoms with van der Waals surface area (Å²) in [6, 6.07) is 19.2. The van der Waals surface area contributed by atoms with E-state index in [1.54, 1.807) is 42.5 Å². The van der Waals surface area contributed by atoms with Crippen molar-refractivity contribution in [2.75, 3.05) is 0 Å². The van der Waals surface area contributed by atoms with Crippen molar-refractivity contribution in [3.8, 4) is 0 Å². The lowest BCUT2D eigenvalue weighted by atomic mass is 10.1. The monoisotopic (exact) mass is 293 g/mol. The van der Waals surface area contributed by atoms with Crippen molar-refractivity contribution < 1.29 is 14.3 Å². The van der Waals surface area contributed by atoms with Gasteiger partial charge in [-0.3, -0.25) is 14.9 Å². The summed E-state index contributed by atoms with van der Waals surface area (Å²) in [7, 11) is 0. The zero-order valence-electron chi connectivity index (χ0n) is 11.7. The smallest absolute Gasteiger partial charge is 0.287 e. The van der Waals surface area contributed by atoms with Crippen LogP contribution in [0.3, 0.4) is 0 Å². The van der Waals surface area contributed by atoms with E-state index < -0.39 is 4.92 Å². The van der Waals surface area contributed by atoms with Crippen LogP contribution in [0.25, 0.3) is 10.9 Å². The maximum absolute atomic E-state index is 12.4. The number of para-hydroxylation sites is 1. The van der Waals surface area contributed by atoms with Gasteiger partial charge in [0.2, 0.25) is 17.8 Å². The minimum absolute atomic E-state index is 0.0678. The maximum atomic E-state index is 12.4. The zero-order chi connectivity index (χ0) is 15.5. The molecule has 0 amide bonds. The number of nitrogens with zero attached hydrogens (tertiary/aromatic N) is 2. The second-order valence-corrected chi connectivity index (χ2v) is 4.88. The molecular weight excluding hydrogens is 280 g/mol. The Hall–Kier alpha value is -3.08. The summed E-state index contributed by atoms with van der Waals surface area (Å²) in [6.07, 6.45) is 0. The SMILES string of the molecule is O=C(C[n+]1c([N+](=O)[O-])ccc2ccccc21)c1ccccc1. The summed E-state index contributed by atoms with van der Waals surface area (Å²) in [5, 5.41) is 12.1. The van der Waals surface area contributed by atoms with Gasteiger partial charge in [-0.05, 0) is 12.1 Å². The van der Waals surface area contributed by atoms with E-state index in [1.807, 2.05) is 18.2 Å². The third kappa shape index (κ3) is 2.56. The van der Waals surface area contributed by atoms with Crippen LogP contribution in [0.5, 0.6) is 0 Å². The molecule has 0 aliphatic carbocycles. The van der Waals surface area contributed by atoms with E-state index in [-0.39, 0.29) is 18.1 Å². The summed E-state index contributed by atoms with van der Waals surface area (Å²) >= 11 is 0. The zero-order valence-corrected chi connectivity index (χ0v) is 11.7. The second kappa shape index (κ2) is 5.73. The van der Waals surface area contributed by atoms with Crippen LogP contribution in [0.15, 0.2) is 66.7 Å². The molecule has 22 heavy (non-hydrogen) atoms. The van der Waals surface area contributed by atoms with E-state index in [9.17, 15) is 14.9 Å². The normalized spacial score (nSPS) is 10.5. The first-order valence-electron chi connectivity index (χ1n) is 6.81. The number of Topliss-reactive ketones (excluding diaryl/α,β-unsaturated/α-hetero) is 1. The summed E-state index contributed by atoms with van der Waals surface area (Å²) in [5.74, 6) is -0.256. The highest BCUT2D eigenvalue weighted by Crippen LogP contribution is 2.15. The number of pyridine rings is 1. The fourth-order valence-electron chi connectivity index (χ4n) is 2.44. The Kier molecular flexibility index (Phi) is 3.62. The minimum Gasteiger partial charge on any atom is -0.287 e. The molecule has 0 saturated heterocycles. The number of ketones is 1. The molecule has 1 heterocycles. The van der Waals surface area contributed by atoms with Crippen LogP contribution >= 0.6 is 0 Å². The molecule has 0 N–H and O–H groups in total. The van der Waals surface area contributed by atoms with E-state index in [0.717, 1.165) is 5.39 Å². The Labute approximate surface area is 126 Å². The Morgan fingerprint density at radius 1 is 0.955 bits per heavy atom. The fraction of sp³-hybridized carbons (Fsp3) is 0.0588. The van der Waals surface area contributed by atoms with Crippen LogP contribution < -0.4 is 4.57 Å². The molecule has 0 radical (unpaired) electrons. The van der Waals surface area contributed by atoms with E-state index in [0.29, 0.717) is 11.1 Å². The van der Waals surface area contributed by atoms with Crippen molar-refractivity contribution in [1.29, 1.82) is 0 Å². The highest BCUT2D eigenvalue weighted by Gasteiger charge is 2.27. The predicted octanol–water partition coefficient (Wildman–Crippen LogP) is 2.92. The Morgan fingerprint density at radius 2 is 1.64 bits per heavy atom. The van der Waals surface area contributed by atoms with Crippen molar-refractivity contribution >= 4 is 22.5 Å². The van der Waals surface area contributed by atoms with Gasteiger partial charge in [0.05, 0.1) is 6.07 Å². The molecule has 0 fully saturated rings. The van der Waals surface area contributed by atoms with Gasteiger partial charge in [0.1, 0.15) is 4.92 Å². The number of carbonyl (C=O) groups excluding carboxylic acids is 1. The summed E-state index contributed by atoms with van der Waals surface area (Å²) in [6.45, 7) is -0.0678. The third-order valence-corrected chi connectivity index (χ3v) is 3.50. The second-order valence-electron chi connectivity index (χ2n) is 4.88. The number of nitro groups is 1. The molecule has 0 atom stereocenters. The van der Waals surface area contributed by atoms with Crippen molar-refractivity contribution in [1.82, 2.24) is 0 Å². The molecule has 3 rings (SSSR count). The average molecular weight is 293 g/mol. The van der Waals surface area contributed by atoms with Gasteiger partial charge in [0.25, 0.3) is 0 Å². The number of carbonyl (C=O) groups is 1. The number of rotatable bonds is 4. The van der Waals surface area contributed by atoms with Crippen molar-refractivity contribution in [2.45, 2.75) is 6.54 Å². The average Bonchev–Trinajstić information content (AvgIpc) is 2.55. The van der Waals surface area contributed by atoms with Gasteiger partial charge in [-0.15, -0.1) is 4.57 Å². The lowest BCUT2D eigenvalue weighted by Gasteiger charge is -2.02. The molecule has 5 heteroatoms. The molecular formula is C17H13N2O3+. The summed E-state index contributed by atoms with van der Waals surface area (Å²) in [5.41, 5.74) is 1.21. The Morgan fingerprint density at radius 3 is 2.36 bits per heavy atom. The summed E-state index contributed by atoms with van der Waals surface area (Å²) in [4.78, 5) is 23.2. The van der Waals surface area contributed by atoms with E-state index in [4.69, 9.17) is 0 Å². The predicted molar refractivity (Wildman–Crippen MR) is 81.6 cm³/mol. The molecule has 0 unspecified atom stereocenters. The molecule has 0 spiro atoms. The van der Waals surface area contributed by atoms with Crippen molar-refractivity contribution in [3.63, 3.8) is 0 Å². The van der Waals surface area contributed by atoms with Crippen LogP contribution in [0.4, 0.5) is 5.82 Å². The molecule has 5 nitrogen and oxygen atoms in total. The highest BCUT2D eigenvalue weighted by atomic mass is 16.6. The topological polar surface area (TPSA) is 64.1 Å². The molecule has 108 valence electrons. The molecule has 0 saturated carbocycles. The van der Waals surface area contributed by atoms with E-state index in [1.165, 1.54) is 10.6 Å². The number of fused-ring (bicyclic) bond motifs is 1. The molecule has 3 aromatic rings. The van der Waals surface area contributed by atoms with Gasteiger partial charge in [-0.1, -0.05) is 42.5 Å². The van der Waals surface area contributed by atoms with Crippen LogP contribution in [0, 0.1) is 10.1 Å². The van der Waals surface area contributed by atoms with Gasteiger partial charge in [-0.25, -0.2) is 0 Å². The van der Waals surface area contributed by atoms with Crippen molar-refractivity contribution in [2.24, 2.45) is 0 Å². The quantitative estimate of drug-likeness (QED) is 0.321. The summed E-state index contributed by atoms with van der Waals surface area (Å²) < 4.78 is 1.45. The largest absolute Gasteiger partial charge is 0.502 e. The van der Waals surface area contributed by atoms with E-state index in [2.05, 4.69) is 0 Å². The number of benzene rings is 2. The van der Waals surface area contributed by atoms with E-state index >= 15 is 0 Å². The first-order valence-corrected chi connectivity index (χ1v) is 6.81. The first-order chi connectivity index (χ1) is 10.7. The Balaban J connectivity index is 2.10. The molecule has 0 aliphatic rings. The molecule has 1 aromatic heterocycles. The molecule has 0 aliphatic heterocycles. The van der Waals surface area contributed by atoms with Crippen LogP contribution in [-0.4, -0.2) is 10.7 Å². The first kappa shape index (κ1) is 13.9. The molecule has 2 aromatic carbocycles. The number of hydrogen-bond donors (Lipinski definition) is 0. The lowest BCUT2D eigenvalue weighted by Crippen LogP contribution is -2.41. The van der Waals surface area contributed by atoms with Crippen LogP contribution in [-0.2, 0) is 6.54 Å². The third-order valence-electron chi connectivity index (χ3n) is 3.50. The van der Waals surface area contributed by atoms with Gasteiger partial charge in [-0.2, -0.15) is 0 Å². The number of aromatic nitrogens is 1. The van der Waals surface area contributed by atoms with Crippen molar-refractivity contribution in [3.05, 3.63) is 82.4 Å². The maximum Gasteiger partial charge on any atom is 0.502 e.